The van der Waals surface area contributed by atoms with Crippen molar-refractivity contribution in [1.29, 1.82) is 0 Å². The van der Waals surface area contributed by atoms with Crippen molar-refractivity contribution in [3.63, 3.8) is 0 Å². The van der Waals surface area contributed by atoms with Crippen LogP contribution in [0.1, 0.15) is 38.2 Å². The minimum Gasteiger partial charge on any atom is -0.394 e. The molecule has 3 aromatic carbocycles. The number of amides is 2. The molecular formula is C26H26N4O4. The lowest BCUT2D eigenvalue weighted by molar-refractivity contribution is -0.117. The molecule has 0 unspecified atom stereocenters. The first-order valence-corrected chi connectivity index (χ1v) is 11.0. The van der Waals surface area contributed by atoms with E-state index in [1.807, 2.05) is 55.1 Å². The zero-order valence-electron chi connectivity index (χ0n) is 19.2. The van der Waals surface area contributed by atoms with Gasteiger partial charge in [-0.15, -0.1) is 0 Å². The summed E-state index contributed by atoms with van der Waals surface area (Å²) in [5, 5.41) is 5.35. The van der Waals surface area contributed by atoms with Crippen LogP contribution in [0.2, 0.25) is 0 Å². The highest BCUT2D eigenvalue weighted by atomic mass is 16.2. The molecule has 0 saturated heterocycles. The number of fused-ring (bicyclic) bond motifs is 1. The normalized spacial score (nSPS) is 12.8. The van der Waals surface area contributed by atoms with Gasteiger partial charge in [-0.3, -0.25) is 19.2 Å². The van der Waals surface area contributed by atoms with Crippen LogP contribution in [0.25, 0.3) is 0 Å². The van der Waals surface area contributed by atoms with Crippen molar-refractivity contribution in [2.24, 2.45) is 0 Å². The molecule has 0 aromatic heterocycles. The van der Waals surface area contributed by atoms with Gasteiger partial charge in [0, 0.05) is 25.2 Å². The second kappa shape index (κ2) is 8.97. The average Bonchev–Trinajstić information content (AvgIpc) is 2.81. The summed E-state index contributed by atoms with van der Waals surface area (Å²) < 4.78 is 0. The molecule has 0 spiro atoms. The number of carbonyl (C=O) groups excluding carboxylic acids is 2. The number of nitrogens with zero attached hydrogens (tertiary/aromatic N) is 1. The molecule has 0 bridgehead atoms. The number of aryl methyl sites for hydroxylation is 2. The van der Waals surface area contributed by atoms with Crippen LogP contribution in [-0.2, 0) is 24.3 Å². The first-order chi connectivity index (χ1) is 16.2. The van der Waals surface area contributed by atoms with Crippen molar-refractivity contribution in [2.45, 2.75) is 33.4 Å². The molecular weight excluding hydrogens is 432 g/mol. The fraction of sp³-hybridized carbons (Fsp3) is 0.231. The topological polar surface area (TPSA) is 122 Å². The highest BCUT2D eigenvalue weighted by molar-refractivity contribution is 6.03. The zero-order chi connectivity index (χ0) is 24.6. The smallest absolute Gasteiger partial charge is 0.267 e. The van der Waals surface area contributed by atoms with E-state index in [0.29, 0.717) is 24.3 Å². The number of rotatable bonds is 6. The third kappa shape index (κ3) is 4.22. The monoisotopic (exact) mass is 458 g/mol. The van der Waals surface area contributed by atoms with Crippen molar-refractivity contribution >= 4 is 23.2 Å². The van der Waals surface area contributed by atoms with Gasteiger partial charge in [-0.1, -0.05) is 43.0 Å². The van der Waals surface area contributed by atoms with Gasteiger partial charge < -0.3 is 21.3 Å². The number of benzene rings is 2. The van der Waals surface area contributed by atoms with Crippen molar-refractivity contribution in [3.05, 3.63) is 103 Å². The summed E-state index contributed by atoms with van der Waals surface area (Å²) in [7, 11) is 0. The SMILES string of the molecule is C=C(NC(=O)c1c(C)cccc1C)C(=O)NCc1ccc2c(c1)CN(c1c(N)c(=O)c1=O)CC2. The van der Waals surface area contributed by atoms with E-state index >= 15 is 0 Å². The highest BCUT2D eigenvalue weighted by Gasteiger charge is 2.27. The number of hydrogen-bond donors (Lipinski definition) is 3. The minimum atomic E-state index is -0.623. The summed E-state index contributed by atoms with van der Waals surface area (Å²) in [5.41, 5.74) is 10.0. The molecule has 8 heteroatoms. The van der Waals surface area contributed by atoms with Crippen LogP contribution >= 0.6 is 0 Å². The molecule has 3 aromatic rings. The number of carbonyl (C=O) groups is 2. The molecule has 0 aliphatic carbocycles. The lowest BCUT2D eigenvalue weighted by Crippen LogP contribution is -2.44. The Morgan fingerprint density at radius 1 is 1.06 bits per heavy atom. The van der Waals surface area contributed by atoms with E-state index in [0.717, 1.165) is 34.2 Å². The molecule has 1 aliphatic heterocycles. The number of anilines is 2. The van der Waals surface area contributed by atoms with Crippen molar-refractivity contribution < 1.29 is 9.59 Å². The first kappa shape index (κ1) is 23.0. The molecule has 1 heterocycles. The van der Waals surface area contributed by atoms with Gasteiger partial charge in [-0.25, -0.2) is 0 Å². The number of nitrogen functional groups attached to an aromatic ring is 1. The summed E-state index contributed by atoms with van der Waals surface area (Å²) in [5.74, 6) is -0.849. The standard InChI is InChI=1S/C26H26N4O4/c1-14-5-4-6-15(2)20(14)26(34)29-16(3)25(33)28-12-17-7-8-18-9-10-30(13-19(18)11-17)22-21(27)23(31)24(22)32/h4-8,11H,3,9-10,12-13,27H2,1-2H3,(H,28,33)(H,29,34). The van der Waals surface area contributed by atoms with Gasteiger partial charge in [0.1, 0.15) is 11.4 Å². The summed E-state index contributed by atoms with van der Waals surface area (Å²) >= 11 is 0. The largest absolute Gasteiger partial charge is 0.394 e. The Morgan fingerprint density at radius 2 is 1.76 bits per heavy atom. The summed E-state index contributed by atoms with van der Waals surface area (Å²) in [6.07, 6.45) is 0.724. The molecule has 0 radical (unpaired) electrons. The molecule has 4 rings (SSSR count). The van der Waals surface area contributed by atoms with Crippen molar-refractivity contribution in [1.82, 2.24) is 10.6 Å². The Kier molecular flexibility index (Phi) is 6.06. The fourth-order valence-corrected chi connectivity index (χ4v) is 4.34. The Balaban J connectivity index is 1.38. The molecule has 0 fully saturated rings. The van der Waals surface area contributed by atoms with Crippen LogP contribution in [0.15, 0.2) is 58.3 Å². The van der Waals surface area contributed by atoms with E-state index in [2.05, 4.69) is 17.2 Å². The maximum atomic E-state index is 12.6. The molecule has 4 N–H and O–H groups in total. The van der Waals surface area contributed by atoms with Gasteiger partial charge in [-0.2, -0.15) is 0 Å². The van der Waals surface area contributed by atoms with Crippen LogP contribution in [0.3, 0.4) is 0 Å². The Hall–Kier alpha value is -4.20. The first-order valence-electron chi connectivity index (χ1n) is 11.0. The molecule has 0 saturated carbocycles. The van der Waals surface area contributed by atoms with Gasteiger partial charge in [-0.05, 0) is 48.1 Å². The fourth-order valence-electron chi connectivity index (χ4n) is 4.34. The predicted octanol–water partition coefficient (Wildman–Crippen LogP) is 1.60. The second-order valence-electron chi connectivity index (χ2n) is 8.58. The maximum Gasteiger partial charge on any atom is 0.267 e. The van der Waals surface area contributed by atoms with Crippen molar-refractivity contribution in [3.8, 4) is 0 Å². The third-order valence-electron chi connectivity index (χ3n) is 6.22. The minimum absolute atomic E-state index is 0.0262. The average molecular weight is 459 g/mol. The summed E-state index contributed by atoms with van der Waals surface area (Å²) in [4.78, 5) is 50.3. The lowest BCUT2D eigenvalue weighted by atomic mass is 9.96. The van der Waals surface area contributed by atoms with Crippen LogP contribution < -0.4 is 32.1 Å². The van der Waals surface area contributed by atoms with E-state index in [4.69, 9.17) is 5.73 Å². The number of nitrogens with two attached hydrogens (primary N) is 1. The van der Waals surface area contributed by atoms with E-state index in [1.165, 1.54) is 0 Å². The third-order valence-corrected chi connectivity index (χ3v) is 6.22. The number of nitrogens with one attached hydrogen (secondary N) is 2. The Morgan fingerprint density at radius 3 is 2.44 bits per heavy atom. The molecule has 34 heavy (non-hydrogen) atoms. The lowest BCUT2D eigenvalue weighted by Gasteiger charge is -2.32. The van der Waals surface area contributed by atoms with E-state index in [9.17, 15) is 19.2 Å². The second-order valence-corrected chi connectivity index (χ2v) is 8.58. The van der Waals surface area contributed by atoms with Gasteiger partial charge in [0.15, 0.2) is 0 Å². The van der Waals surface area contributed by atoms with E-state index in [1.54, 1.807) is 0 Å². The Labute approximate surface area is 196 Å². The summed E-state index contributed by atoms with van der Waals surface area (Å²) in [6.45, 7) is 8.69. The molecule has 2 amide bonds. The van der Waals surface area contributed by atoms with Gasteiger partial charge in [0.05, 0.1) is 5.70 Å². The van der Waals surface area contributed by atoms with Crippen molar-refractivity contribution in [2.75, 3.05) is 17.2 Å². The highest BCUT2D eigenvalue weighted by Crippen LogP contribution is 2.26. The van der Waals surface area contributed by atoms with Gasteiger partial charge >= 0.3 is 0 Å². The van der Waals surface area contributed by atoms with Crippen LogP contribution in [0.4, 0.5) is 11.4 Å². The number of hydrogen-bond acceptors (Lipinski definition) is 6. The zero-order valence-corrected chi connectivity index (χ0v) is 19.2. The Bertz CT molecular complexity index is 1380. The predicted molar refractivity (Wildman–Crippen MR) is 131 cm³/mol. The molecule has 1 aliphatic rings. The molecule has 174 valence electrons. The van der Waals surface area contributed by atoms with E-state index < -0.39 is 16.8 Å². The van der Waals surface area contributed by atoms with Crippen LogP contribution in [0, 0.1) is 13.8 Å². The van der Waals surface area contributed by atoms with E-state index in [-0.39, 0.29) is 23.8 Å². The molecule has 8 nitrogen and oxygen atoms in total. The van der Waals surface area contributed by atoms with Gasteiger partial charge in [0.25, 0.3) is 22.7 Å². The van der Waals surface area contributed by atoms with Crippen LogP contribution in [0.5, 0.6) is 0 Å². The molecule has 0 atom stereocenters. The van der Waals surface area contributed by atoms with Gasteiger partial charge in [0.2, 0.25) is 0 Å². The quantitative estimate of drug-likeness (QED) is 0.381. The summed E-state index contributed by atoms with van der Waals surface area (Å²) in [6, 6.07) is 11.4. The maximum absolute atomic E-state index is 12.6. The van der Waals surface area contributed by atoms with Crippen LogP contribution in [-0.4, -0.2) is 18.4 Å².